The molecule has 0 aliphatic carbocycles. The number of unbranched alkanes of at least 4 members (excludes halogenated alkanes) is 1. The fourth-order valence-electron chi connectivity index (χ4n) is 2.76. The summed E-state index contributed by atoms with van der Waals surface area (Å²) in [6.45, 7) is 15.6. The minimum absolute atomic E-state index is 0.440. The van der Waals surface area contributed by atoms with Crippen LogP contribution in [0.2, 0.25) is 0 Å². The Kier molecular flexibility index (Phi) is 7.86. The molecular weight excluding hydrogens is 244 g/mol. The van der Waals surface area contributed by atoms with Crippen molar-refractivity contribution in [1.29, 1.82) is 0 Å². The third-order valence-electron chi connectivity index (χ3n) is 3.81. The first-order chi connectivity index (χ1) is 9.60. The number of hydrogen-bond donors (Lipinski definition) is 1. The monoisotopic (exact) mass is 276 g/mol. The van der Waals surface area contributed by atoms with Crippen LogP contribution in [-0.4, -0.2) is 31.1 Å². The molecule has 1 unspecified atom stereocenters. The normalized spacial score (nSPS) is 12.9. The van der Waals surface area contributed by atoms with Gasteiger partial charge in [-0.05, 0) is 45.5 Å². The Balaban J connectivity index is 2.81. The largest absolute Gasteiger partial charge is 0.309 e. The average Bonchev–Trinajstić information content (AvgIpc) is 2.41. The van der Waals surface area contributed by atoms with Gasteiger partial charge in [0.1, 0.15) is 0 Å². The van der Waals surface area contributed by atoms with Crippen molar-refractivity contribution < 1.29 is 0 Å². The number of rotatable bonds is 9. The van der Waals surface area contributed by atoms with E-state index in [4.69, 9.17) is 0 Å². The molecule has 0 saturated carbocycles. The van der Waals surface area contributed by atoms with Gasteiger partial charge in [0, 0.05) is 12.6 Å². The molecule has 1 aromatic rings. The zero-order chi connectivity index (χ0) is 15.0. The lowest BCUT2D eigenvalue weighted by atomic mass is 10.0. The molecule has 0 spiro atoms. The zero-order valence-electron chi connectivity index (χ0n) is 14.0. The molecule has 1 rings (SSSR count). The van der Waals surface area contributed by atoms with E-state index in [0.29, 0.717) is 6.04 Å². The van der Waals surface area contributed by atoms with E-state index in [1.807, 2.05) is 0 Å². The minimum atomic E-state index is 0.440. The highest BCUT2D eigenvalue weighted by Crippen LogP contribution is 2.18. The third-order valence-corrected chi connectivity index (χ3v) is 3.81. The van der Waals surface area contributed by atoms with Crippen molar-refractivity contribution in [2.24, 2.45) is 0 Å². The van der Waals surface area contributed by atoms with Crippen molar-refractivity contribution in [2.75, 3.05) is 26.2 Å². The first-order valence-corrected chi connectivity index (χ1v) is 8.14. The van der Waals surface area contributed by atoms with Gasteiger partial charge in [-0.15, -0.1) is 0 Å². The topological polar surface area (TPSA) is 15.3 Å². The number of benzene rings is 1. The summed E-state index contributed by atoms with van der Waals surface area (Å²) in [6, 6.07) is 7.35. The van der Waals surface area contributed by atoms with Gasteiger partial charge in [-0.2, -0.15) is 0 Å². The Morgan fingerprint density at radius 1 is 1.05 bits per heavy atom. The molecule has 0 bridgehead atoms. The van der Waals surface area contributed by atoms with E-state index in [2.05, 4.69) is 63.0 Å². The van der Waals surface area contributed by atoms with Crippen LogP contribution in [0.3, 0.4) is 0 Å². The molecule has 2 nitrogen and oxygen atoms in total. The van der Waals surface area contributed by atoms with Crippen LogP contribution >= 0.6 is 0 Å². The first kappa shape index (κ1) is 17.2. The standard InChI is InChI=1S/C18H32N2/c1-6-9-10-20(8-3)14-18(19-7-2)17-12-15(4)11-16(5)13-17/h11-13,18-19H,6-10,14H2,1-5H3. The number of nitrogens with one attached hydrogen (secondary N) is 1. The van der Waals surface area contributed by atoms with Gasteiger partial charge in [0.2, 0.25) is 0 Å². The molecule has 0 aliphatic heterocycles. The van der Waals surface area contributed by atoms with E-state index in [9.17, 15) is 0 Å². The van der Waals surface area contributed by atoms with E-state index >= 15 is 0 Å². The maximum Gasteiger partial charge on any atom is 0.0449 e. The van der Waals surface area contributed by atoms with Gasteiger partial charge in [0.05, 0.1) is 0 Å². The van der Waals surface area contributed by atoms with Crippen LogP contribution in [0, 0.1) is 13.8 Å². The second-order valence-electron chi connectivity index (χ2n) is 5.78. The molecule has 20 heavy (non-hydrogen) atoms. The molecule has 0 fully saturated rings. The summed E-state index contributed by atoms with van der Waals surface area (Å²) in [4.78, 5) is 2.56. The number of aryl methyl sites for hydroxylation is 2. The predicted molar refractivity (Wildman–Crippen MR) is 89.4 cm³/mol. The molecule has 0 saturated heterocycles. The highest BCUT2D eigenvalue weighted by Gasteiger charge is 2.14. The van der Waals surface area contributed by atoms with Gasteiger partial charge < -0.3 is 10.2 Å². The molecule has 0 aromatic heterocycles. The van der Waals surface area contributed by atoms with Crippen molar-refractivity contribution in [3.63, 3.8) is 0 Å². The van der Waals surface area contributed by atoms with Crippen LogP contribution in [0.25, 0.3) is 0 Å². The average molecular weight is 276 g/mol. The maximum atomic E-state index is 3.65. The van der Waals surface area contributed by atoms with E-state index in [-0.39, 0.29) is 0 Å². The zero-order valence-corrected chi connectivity index (χ0v) is 14.0. The summed E-state index contributed by atoms with van der Waals surface area (Å²) >= 11 is 0. The summed E-state index contributed by atoms with van der Waals surface area (Å²) in [5.41, 5.74) is 4.15. The Morgan fingerprint density at radius 3 is 2.20 bits per heavy atom. The fraction of sp³-hybridized carbons (Fsp3) is 0.667. The third kappa shape index (κ3) is 5.64. The molecule has 1 atom stereocenters. The smallest absolute Gasteiger partial charge is 0.0449 e. The van der Waals surface area contributed by atoms with Gasteiger partial charge in [-0.1, -0.05) is 56.5 Å². The molecule has 0 aliphatic rings. The van der Waals surface area contributed by atoms with Crippen molar-refractivity contribution in [2.45, 2.75) is 53.5 Å². The van der Waals surface area contributed by atoms with Gasteiger partial charge in [-0.25, -0.2) is 0 Å². The van der Waals surface area contributed by atoms with E-state index < -0.39 is 0 Å². The predicted octanol–water partition coefficient (Wildman–Crippen LogP) is 4.08. The minimum Gasteiger partial charge on any atom is -0.309 e. The Morgan fingerprint density at radius 2 is 1.70 bits per heavy atom. The van der Waals surface area contributed by atoms with E-state index in [0.717, 1.165) is 19.6 Å². The Hall–Kier alpha value is -0.860. The summed E-state index contributed by atoms with van der Waals surface area (Å²) in [6.07, 6.45) is 2.56. The van der Waals surface area contributed by atoms with Crippen LogP contribution in [0.1, 0.15) is 56.3 Å². The van der Waals surface area contributed by atoms with Crippen molar-refractivity contribution in [3.05, 3.63) is 34.9 Å². The number of hydrogen-bond acceptors (Lipinski definition) is 2. The van der Waals surface area contributed by atoms with Gasteiger partial charge >= 0.3 is 0 Å². The molecule has 0 heterocycles. The lowest BCUT2D eigenvalue weighted by Gasteiger charge is -2.27. The van der Waals surface area contributed by atoms with E-state index in [1.165, 1.54) is 36.1 Å². The highest BCUT2D eigenvalue weighted by molar-refractivity contribution is 5.30. The van der Waals surface area contributed by atoms with Crippen LogP contribution in [0.5, 0.6) is 0 Å². The quantitative estimate of drug-likeness (QED) is 0.731. The molecule has 1 aromatic carbocycles. The lowest BCUT2D eigenvalue weighted by molar-refractivity contribution is 0.251. The van der Waals surface area contributed by atoms with Crippen LogP contribution < -0.4 is 5.32 Å². The van der Waals surface area contributed by atoms with Gasteiger partial charge in [-0.3, -0.25) is 0 Å². The van der Waals surface area contributed by atoms with Crippen LogP contribution in [0.15, 0.2) is 18.2 Å². The highest BCUT2D eigenvalue weighted by atomic mass is 15.1. The summed E-state index contributed by atoms with van der Waals surface area (Å²) < 4.78 is 0. The molecule has 2 heteroatoms. The fourth-order valence-corrected chi connectivity index (χ4v) is 2.76. The van der Waals surface area contributed by atoms with Crippen LogP contribution in [-0.2, 0) is 0 Å². The van der Waals surface area contributed by atoms with Crippen molar-refractivity contribution >= 4 is 0 Å². The van der Waals surface area contributed by atoms with E-state index in [1.54, 1.807) is 0 Å². The Labute approximate surface area is 125 Å². The number of nitrogens with zero attached hydrogens (tertiary/aromatic N) is 1. The van der Waals surface area contributed by atoms with Gasteiger partial charge in [0.25, 0.3) is 0 Å². The van der Waals surface area contributed by atoms with Crippen LogP contribution in [0.4, 0.5) is 0 Å². The second-order valence-corrected chi connectivity index (χ2v) is 5.78. The maximum absolute atomic E-state index is 3.65. The number of likely N-dealkylation sites (N-methyl/N-ethyl adjacent to an activating group) is 2. The molecule has 0 radical (unpaired) electrons. The lowest BCUT2D eigenvalue weighted by Crippen LogP contribution is -2.35. The molecule has 1 N–H and O–H groups in total. The molecule has 114 valence electrons. The molecule has 0 amide bonds. The SMILES string of the molecule is CCCCN(CC)CC(NCC)c1cc(C)cc(C)c1. The van der Waals surface area contributed by atoms with Gasteiger partial charge in [0.15, 0.2) is 0 Å². The second kappa shape index (κ2) is 9.15. The molecular formula is C18H32N2. The van der Waals surface area contributed by atoms with Crippen molar-refractivity contribution in [1.82, 2.24) is 10.2 Å². The summed E-state index contributed by atoms with van der Waals surface area (Å²) in [5, 5.41) is 3.65. The Bertz CT molecular complexity index is 367. The summed E-state index contributed by atoms with van der Waals surface area (Å²) in [7, 11) is 0. The van der Waals surface area contributed by atoms with Crippen molar-refractivity contribution in [3.8, 4) is 0 Å². The summed E-state index contributed by atoms with van der Waals surface area (Å²) in [5.74, 6) is 0. The first-order valence-electron chi connectivity index (χ1n) is 8.14.